The van der Waals surface area contributed by atoms with E-state index in [2.05, 4.69) is 25.7 Å². The van der Waals surface area contributed by atoms with Crippen LogP contribution in [0.2, 0.25) is 0 Å². The topological polar surface area (TPSA) is 41.0 Å². The van der Waals surface area contributed by atoms with Crippen LogP contribution >= 0.6 is 0 Å². The van der Waals surface area contributed by atoms with E-state index in [1.807, 2.05) is 28.6 Å². The molecule has 0 fully saturated rings. The number of nitrogens with zero attached hydrogens (tertiary/aromatic N) is 6. The Morgan fingerprint density at radius 1 is 0.923 bits per heavy atom. The maximum Gasteiger partial charge on any atom is 0.189 e. The Bertz CT molecular complexity index is 954. The molecule has 1 aliphatic heterocycles. The van der Waals surface area contributed by atoms with E-state index in [9.17, 15) is 0 Å². The molecule has 0 N–H and O–H groups in total. The van der Waals surface area contributed by atoms with Crippen LogP contribution in [-0.4, -0.2) is 9.97 Å². The molecule has 127 valence electrons. The van der Waals surface area contributed by atoms with Crippen LogP contribution in [0.25, 0.3) is 9.69 Å². The minimum absolute atomic E-state index is 0. The molecule has 0 aliphatic carbocycles. The van der Waals surface area contributed by atoms with E-state index in [1.165, 1.54) is 0 Å². The van der Waals surface area contributed by atoms with Crippen molar-refractivity contribution in [1.82, 2.24) is 9.97 Å². The SMILES string of the molecule is [C-]#[N+]c1cc[c-]c(N2[CH-]N(c3cccc([N+]#[C-])c3)c3nccnc32)c1.[Ir]. The summed E-state index contributed by atoms with van der Waals surface area (Å²) in [6.45, 7) is 16.2. The summed E-state index contributed by atoms with van der Waals surface area (Å²) in [5.74, 6) is 1.31. The first-order chi connectivity index (χ1) is 12.3. The van der Waals surface area contributed by atoms with Gasteiger partial charge in [-0.05, 0) is 12.1 Å². The van der Waals surface area contributed by atoms with Gasteiger partial charge in [-0.15, -0.1) is 18.4 Å². The van der Waals surface area contributed by atoms with Crippen molar-refractivity contribution in [2.24, 2.45) is 0 Å². The molecule has 1 radical (unpaired) electrons. The van der Waals surface area contributed by atoms with Crippen molar-refractivity contribution in [3.8, 4) is 0 Å². The second-order valence-corrected chi connectivity index (χ2v) is 5.23. The van der Waals surface area contributed by atoms with Gasteiger partial charge in [-0.1, -0.05) is 12.1 Å². The number of aromatic nitrogens is 2. The molecule has 0 spiro atoms. The maximum atomic E-state index is 7.20. The molecule has 0 amide bonds. The maximum absolute atomic E-state index is 7.20. The third-order valence-corrected chi connectivity index (χ3v) is 3.74. The Morgan fingerprint density at radius 3 is 2.35 bits per heavy atom. The quantitative estimate of drug-likeness (QED) is 0.462. The smallest absolute Gasteiger partial charge is 0.189 e. The second-order valence-electron chi connectivity index (χ2n) is 5.23. The molecule has 0 bridgehead atoms. The minimum atomic E-state index is 0. The molecule has 0 saturated carbocycles. The van der Waals surface area contributed by atoms with Gasteiger partial charge >= 0.3 is 0 Å². The third kappa shape index (κ3) is 3.02. The molecule has 1 aliphatic rings. The Morgan fingerprint density at radius 2 is 1.62 bits per heavy atom. The fourth-order valence-electron chi connectivity index (χ4n) is 2.62. The van der Waals surface area contributed by atoms with Crippen LogP contribution in [0, 0.1) is 25.9 Å². The van der Waals surface area contributed by atoms with Crippen LogP contribution in [0.5, 0.6) is 0 Å². The summed E-state index contributed by atoms with van der Waals surface area (Å²) in [7, 11) is 0. The number of rotatable bonds is 2. The molecular formula is C19H10IrN6-2. The van der Waals surface area contributed by atoms with Crippen molar-refractivity contribution in [2.45, 2.75) is 0 Å². The Hall–Kier alpha value is -3.25. The Kier molecular flexibility index (Phi) is 4.95. The Labute approximate surface area is 164 Å². The molecule has 4 rings (SSSR count). The fourth-order valence-corrected chi connectivity index (χ4v) is 2.62. The molecule has 0 unspecified atom stereocenters. The largest absolute Gasteiger partial charge is 0.478 e. The van der Waals surface area contributed by atoms with E-state index in [4.69, 9.17) is 13.1 Å². The third-order valence-electron chi connectivity index (χ3n) is 3.74. The van der Waals surface area contributed by atoms with Gasteiger partial charge in [-0.25, -0.2) is 14.8 Å². The fraction of sp³-hybridized carbons (Fsp3) is 0. The number of anilines is 4. The van der Waals surface area contributed by atoms with E-state index < -0.39 is 0 Å². The van der Waals surface area contributed by atoms with Gasteiger partial charge in [0, 0.05) is 38.2 Å². The van der Waals surface area contributed by atoms with Crippen molar-refractivity contribution in [2.75, 3.05) is 9.80 Å². The van der Waals surface area contributed by atoms with Crippen LogP contribution in [0.4, 0.5) is 34.4 Å². The van der Waals surface area contributed by atoms with Gasteiger partial charge in [-0.3, -0.25) is 4.85 Å². The second kappa shape index (κ2) is 7.33. The van der Waals surface area contributed by atoms with Gasteiger partial charge < -0.3 is 9.80 Å². The summed E-state index contributed by atoms with van der Waals surface area (Å²) in [5, 5.41) is 0. The van der Waals surface area contributed by atoms with Crippen LogP contribution in [0.15, 0.2) is 54.9 Å². The number of benzene rings is 2. The van der Waals surface area contributed by atoms with Gasteiger partial charge in [0.05, 0.1) is 18.8 Å². The molecule has 26 heavy (non-hydrogen) atoms. The van der Waals surface area contributed by atoms with Crippen molar-refractivity contribution >= 4 is 34.4 Å². The molecule has 2 aromatic carbocycles. The van der Waals surface area contributed by atoms with Crippen LogP contribution in [0.1, 0.15) is 0 Å². The predicted octanol–water partition coefficient (Wildman–Crippen LogP) is 4.78. The zero-order valence-corrected chi connectivity index (χ0v) is 15.7. The first-order valence-electron chi connectivity index (χ1n) is 7.41. The molecule has 2 heterocycles. The van der Waals surface area contributed by atoms with Crippen molar-refractivity contribution in [3.05, 3.63) is 90.4 Å². The van der Waals surface area contributed by atoms with Crippen LogP contribution in [-0.2, 0) is 20.1 Å². The molecule has 6 nitrogen and oxygen atoms in total. The average molecular weight is 515 g/mol. The number of hydrogen-bond acceptors (Lipinski definition) is 4. The summed E-state index contributed by atoms with van der Waals surface area (Å²) < 4.78 is 0. The van der Waals surface area contributed by atoms with Gasteiger partial charge in [0.15, 0.2) is 5.69 Å². The number of hydrogen-bond donors (Lipinski definition) is 0. The Balaban J connectivity index is 0.00000196. The molecule has 0 saturated heterocycles. The van der Waals surface area contributed by atoms with Gasteiger partial charge in [0.1, 0.15) is 11.6 Å². The van der Waals surface area contributed by atoms with E-state index >= 15 is 0 Å². The zero-order chi connectivity index (χ0) is 17.2. The summed E-state index contributed by atoms with van der Waals surface area (Å²) >= 11 is 0. The summed E-state index contributed by atoms with van der Waals surface area (Å²) in [4.78, 5) is 19.5. The predicted molar refractivity (Wildman–Crippen MR) is 94.9 cm³/mol. The molecule has 0 atom stereocenters. The molecular weight excluding hydrogens is 504 g/mol. The van der Waals surface area contributed by atoms with E-state index in [0.717, 1.165) is 5.69 Å². The minimum Gasteiger partial charge on any atom is -0.478 e. The van der Waals surface area contributed by atoms with Crippen molar-refractivity contribution in [1.29, 1.82) is 0 Å². The van der Waals surface area contributed by atoms with Crippen molar-refractivity contribution < 1.29 is 20.1 Å². The molecule has 7 heteroatoms. The average Bonchev–Trinajstić information content (AvgIpc) is 3.08. The molecule has 1 aromatic heterocycles. The van der Waals surface area contributed by atoms with Crippen molar-refractivity contribution in [3.63, 3.8) is 0 Å². The molecule has 3 aromatic rings. The summed E-state index contributed by atoms with van der Waals surface area (Å²) in [5.41, 5.74) is 2.61. The standard InChI is InChI=1S/C19H10N6.Ir/c1-20-14-5-3-7-16(11-14)24-13-25(19-18(24)22-9-10-23-19)17-8-4-6-15(12-17)21-2;/h3-7,9-13H;/q-2;. The van der Waals surface area contributed by atoms with Crippen LogP contribution < -0.4 is 9.80 Å². The zero-order valence-electron chi connectivity index (χ0n) is 13.3. The van der Waals surface area contributed by atoms with Crippen LogP contribution in [0.3, 0.4) is 0 Å². The van der Waals surface area contributed by atoms with E-state index in [0.29, 0.717) is 28.7 Å². The van der Waals surface area contributed by atoms with Gasteiger partial charge in [-0.2, -0.15) is 18.2 Å². The monoisotopic (exact) mass is 515 g/mol. The normalized spacial score (nSPS) is 11.9. The van der Waals surface area contributed by atoms with E-state index in [1.54, 1.807) is 42.7 Å². The summed E-state index contributed by atoms with van der Waals surface area (Å²) in [6, 6.07) is 15.6. The van der Waals surface area contributed by atoms with E-state index in [-0.39, 0.29) is 20.1 Å². The van der Waals surface area contributed by atoms with Gasteiger partial charge in [0.2, 0.25) is 0 Å². The summed E-state index contributed by atoms with van der Waals surface area (Å²) in [6.07, 6.45) is 3.25. The van der Waals surface area contributed by atoms with Gasteiger partial charge in [0.25, 0.3) is 0 Å². The first kappa shape index (κ1) is 17.6. The first-order valence-corrected chi connectivity index (χ1v) is 7.41. The number of fused-ring (bicyclic) bond motifs is 1.